The summed E-state index contributed by atoms with van der Waals surface area (Å²) in [5.74, 6) is -0.760. The summed E-state index contributed by atoms with van der Waals surface area (Å²) >= 11 is 0. The molecular weight excluding hydrogens is 316 g/mol. The molecule has 3 aromatic rings. The van der Waals surface area contributed by atoms with Crippen LogP contribution in [0.3, 0.4) is 0 Å². The van der Waals surface area contributed by atoms with Crippen LogP contribution in [0, 0.1) is 10.1 Å². The van der Waals surface area contributed by atoms with Gasteiger partial charge < -0.3 is 20.0 Å². The number of carbonyl (C=O) groups excluding carboxylic acids is 1. The minimum Gasteiger partial charge on any atom is -0.358 e. The number of benzene rings is 1. The minimum absolute atomic E-state index is 0.0588. The highest BCUT2D eigenvalue weighted by Crippen LogP contribution is 2.07. The second-order valence-electron chi connectivity index (χ2n) is 4.81. The summed E-state index contributed by atoms with van der Waals surface area (Å²) in [6.07, 6.45) is 1.42. The van der Waals surface area contributed by atoms with E-state index >= 15 is 0 Å². The van der Waals surface area contributed by atoms with Crippen LogP contribution in [-0.4, -0.2) is 30.8 Å². The van der Waals surface area contributed by atoms with Crippen molar-refractivity contribution in [3.8, 4) is 0 Å². The zero-order chi connectivity index (χ0) is 16.9. The molecule has 1 amide bonds. The van der Waals surface area contributed by atoms with Gasteiger partial charge in [-0.25, -0.2) is 0 Å². The number of aromatic nitrogens is 4. The first-order chi connectivity index (χ1) is 11.6. The number of nitrogens with zero attached hydrogens (tertiary/aromatic N) is 5. The second kappa shape index (κ2) is 6.69. The molecule has 0 aliphatic carbocycles. The Balaban J connectivity index is 1.60. The van der Waals surface area contributed by atoms with Crippen LogP contribution in [0.2, 0.25) is 0 Å². The molecule has 0 unspecified atom stereocenters. The highest BCUT2D eigenvalue weighted by atomic mass is 16.6. The minimum atomic E-state index is -0.602. The summed E-state index contributed by atoms with van der Waals surface area (Å²) in [6.45, 7) is 0.395. The van der Waals surface area contributed by atoms with E-state index in [-0.39, 0.29) is 24.1 Å². The molecule has 0 saturated heterocycles. The molecule has 0 fully saturated rings. The van der Waals surface area contributed by atoms with Crippen LogP contribution in [0.25, 0.3) is 0 Å². The van der Waals surface area contributed by atoms with Gasteiger partial charge in [0.25, 0.3) is 0 Å². The van der Waals surface area contributed by atoms with Crippen molar-refractivity contribution in [1.29, 1.82) is 0 Å². The average molecular weight is 328 g/mol. The Hall–Kier alpha value is -3.56. The summed E-state index contributed by atoms with van der Waals surface area (Å²) in [4.78, 5) is 25.9. The average Bonchev–Trinajstić information content (AvgIpc) is 3.24. The van der Waals surface area contributed by atoms with Crippen molar-refractivity contribution in [3.63, 3.8) is 0 Å². The largest absolute Gasteiger partial charge is 0.389 e. The molecule has 24 heavy (non-hydrogen) atoms. The zero-order valence-electron chi connectivity index (χ0n) is 12.3. The van der Waals surface area contributed by atoms with Gasteiger partial charge in [-0.1, -0.05) is 35.5 Å². The highest BCUT2D eigenvalue weighted by Gasteiger charge is 2.17. The number of carbonyl (C=O) groups is 1. The van der Waals surface area contributed by atoms with E-state index in [0.717, 1.165) is 5.56 Å². The van der Waals surface area contributed by atoms with Crippen molar-refractivity contribution in [2.45, 2.75) is 13.1 Å². The molecule has 1 N–H and O–H groups in total. The standard InChI is InChI=1S/C14H12N6O4/c21-13(15-8-10-4-2-1-3-5-10)14-16-11(18-24-14)9-19-7-6-12(17-19)20(22)23/h1-7H,8-9H2,(H,15,21). The van der Waals surface area contributed by atoms with Crippen molar-refractivity contribution in [2.75, 3.05) is 0 Å². The smallest absolute Gasteiger partial charge is 0.358 e. The monoisotopic (exact) mass is 328 g/mol. The van der Waals surface area contributed by atoms with E-state index < -0.39 is 10.8 Å². The maximum atomic E-state index is 12.0. The van der Waals surface area contributed by atoms with Crippen LogP contribution in [0.1, 0.15) is 22.1 Å². The number of hydrogen-bond donors (Lipinski definition) is 1. The van der Waals surface area contributed by atoms with Crippen molar-refractivity contribution in [2.24, 2.45) is 0 Å². The predicted octanol–water partition coefficient (Wildman–Crippen LogP) is 1.15. The lowest BCUT2D eigenvalue weighted by Crippen LogP contribution is -2.23. The fourth-order valence-electron chi connectivity index (χ4n) is 1.95. The fourth-order valence-corrected chi connectivity index (χ4v) is 1.95. The quantitative estimate of drug-likeness (QED) is 0.530. The van der Waals surface area contributed by atoms with Crippen LogP contribution < -0.4 is 5.32 Å². The van der Waals surface area contributed by atoms with E-state index in [0.29, 0.717) is 6.54 Å². The van der Waals surface area contributed by atoms with Gasteiger partial charge in [0.15, 0.2) is 5.82 Å². The molecule has 0 atom stereocenters. The van der Waals surface area contributed by atoms with Gasteiger partial charge >= 0.3 is 17.6 Å². The third-order valence-corrected chi connectivity index (χ3v) is 3.08. The first kappa shape index (κ1) is 15.3. The maximum Gasteiger partial charge on any atom is 0.389 e. The Labute approximate surface area is 135 Å². The van der Waals surface area contributed by atoms with E-state index in [1.54, 1.807) is 0 Å². The third kappa shape index (κ3) is 3.61. The lowest BCUT2D eigenvalue weighted by molar-refractivity contribution is -0.389. The number of hydrogen-bond acceptors (Lipinski definition) is 7. The molecule has 122 valence electrons. The summed E-state index contributed by atoms with van der Waals surface area (Å²) < 4.78 is 6.18. The maximum absolute atomic E-state index is 12.0. The van der Waals surface area contributed by atoms with Crippen LogP contribution in [0.15, 0.2) is 47.1 Å². The molecule has 0 radical (unpaired) electrons. The number of nitrogens with one attached hydrogen (secondary N) is 1. The second-order valence-corrected chi connectivity index (χ2v) is 4.81. The third-order valence-electron chi connectivity index (χ3n) is 3.08. The fraction of sp³-hybridized carbons (Fsp3) is 0.143. The Morgan fingerprint density at radius 3 is 2.79 bits per heavy atom. The first-order valence-electron chi connectivity index (χ1n) is 6.94. The topological polar surface area (TPSA) is 129 Å². The molecule has 10 heteroatoms. The van der Waals surface area contributed by atoms with Crippen molar-refractivity contribution < 1.29 is 14.2 Å². The summed E-state index contributed by atoms with van der Waals surface area (Å²) in [6, 6.07) is 10.6. The van der Waals surface area contributed by atoms with E-state index in [1.807, 2.05) is 30.3 Å². The van der Waals surface area contributed by atoms with Crippen LogP contribution in [-0.2, 0) is 13.1 Å². The van der Waals surface area contributed by atoms with Crippen LogP contribution in [0.4, 0.5) is 5.82 Å². The van der Waals surface area contributed by atoms with E-state index in [2.05, 4.69) is 20.6 Å². The van der Waals surface area contributed by atoms with Crippen molar-refractivity contribution in [3.05, 3.63) is 70.0 Å². The number of amides is 1. The van der Waals surface area contributed by atoms with Crippen LogP contribution in [0.5, 0.6) is 0 Å². The summed E-state index contributed by atoms with van der Waals surface area (Å²) in [5.41, 5.74) is 0.939. The molecule has 0 aliphatic heterocycles. The molecule has 2 heterocycles. The molecule has 0 spiro atoms. The van der Waals surface area contributed by atoms with Gasteiger partial charge in [0, 0.05) is 6.54 Å². The van der Waals surface area contributed by atoms with Gasteiger partial charge in [-0.05, 0) is 10.5 Å². The van der Waals surface area contributed by atoms with E-state index in [4.69, 9.17) is 4.52 Å². The number of rotatable bonds is 6. The molecule has 2 aromatic heterocycles. The normalized spacial score (nSPS) is 10.5. The van der Waals surface area contributed by atoms with Crippen LogP contribution >= 0.6 is 0 Å². The van der Waals surface area contributed by atoms with Gasteiger partial charge in [0.05, 0.1) is 17.4 Å². The van der Waals surface area contributed by atoms with E-state index in [1.165, 1.54) is 16.9 Å². The summed E-state index contributed by atoms with van der Waals surface area (Å²) in [7, 11) is 0. The molecule has 0 bridgehead atoms. The SMILES string of the molecule is O=C(NCc1ccccc1)c1nc(Cn2ccc([N+](=O)[O-])n2)no1. The van der Waals surface area contributed by atoms with E-state index in [9.17, 15) is 14.9 Å². The van der Waals surface area contributed by atoms with Gasteiger partial charge in [-0.2, -0.15) is 9.67 Å². The summed E-state index contributed by atoms with van der Waals surface area (Å²) in [5, 5.41) is 20.6. The molecular formula is C14H12N6O4. The lowest BCUT2D eigenvalue weighted by atomic mass is 10.2. The molecule has 0 aliphatic rings. The lowest BCUT2D eigenvalue weighted by Gasteiger charge is -2.01. The molecule has 3 rings (SSSR count). The molecule has 1 aromatic carbocycles. The zero-order valence-corrected chi connectivity index (χ0v) is 12.3. The van der Waals surface area contributed by atoms with Gasteiger partial charge in [-0.3, -0.25) is 4.79 Å². The Bertz CT molecular complexity index is 857. The molecule has 0 saturated carbocycles. The Morgan fingerprint density at radius 2 is 2.08 bits per heavy atom. The first-order valence-corrected chi connectivity index (χ1v) is 6.94. The predicted molar refractivity (Wildman–Crippen MR) is 79.9 cm³/mol. The number of nitro groups is 1. The van der Waals surface area contributed by atoms with Crippen molar-refractivity contribution >= 4 is 11.7 Å². The highest BCUT2D eigenvalue weighted by molar-refractivity contribution is 5.89. The van der Waals surface area contributed by atoms with Gasteiger partial charge in [0.2, 0.25) is 0 Å². The Morgan fingerprint density at radius 1 is 1.29 bits per heavy atom. The van der Waals surface area contributed by atoms with Crippen molar-refractivity contribution in [1.82, 2.24) is 25.2 Å². The van der Waals surface area contributed by atoms with Gasteiger partial charge in [-0.15, -0.1) is 0 Å². The Kier molecular flexibility index (Phi) is 4.27. The van der Waals surface area contributed by atoms with Gasteiger partial charge in [0.1, 0.15) is 6.54 Å². The molecule has 10 nitrogen and oxygen atoms in total.